The first-order valence-corrected chi connectivity index (χ1v) is 11.9. The normalized spacial score (nSPS) is 18.1. The Kier molecular flexibility index (Phi) is 4.83. The summed E-state index contributed by atoms with van der Waals surface area (Å²) in [5, 5.41) is 0.189. The van der Waals surface area contributed by atoms with Crippen molar-refractivity contribution in [3.63, 3.8) is 0 Å². The van der Waals surface area contributed by atoms with E-state index in [9.17, 15) is 14.4 Å². The molecule has 33 heavy (non-hydrogen) atoms. The number of fused-ring (bicyclic) bond motifs is 2. The van der Waals surface area contributed by atoms with Crippen molar-refractivity contribution in [2.75, 3.05) is 0 Å². The summed E-state index contributed by atoms with van der Waals surface area (Å²) in [7, 11) is 0. The Labute approximate surface area is 193 Å². The number of nitrogens with one attached hydrogen (secondary N) is 1. The van der Waals surface area contributed by atoms with Gasteiger partial charge in [0.25, 0.3) is 5.56 Å². The van der Waals surface area contributed by atoms with Crippen LogP contribution in [-0.4, -0.2) is 26.1 Å². The lowest BCUT2D eigenvalue weighted by molar-refractivity contribution is 0.0188. The summed E-state index contributed by atoms with van der Waals surface area (Å²) in [6.45, 7) is 9.59. The number of aryl methyl sites for hydroxylation is 1. The molecule has 0 spiro atoms. The Hall–Kier alpha value is -2.94. The van der Waals surface area contributed by atoms with Gasteiger partial charge in [-0.05, 0) is 70.7 Å². The number of hydrogen-bond acceptors (Lipinski definition) is 5. The number of H-pyrrole nitrogens is 1. The molecule has 7 nitrogen and oxygen atoms in total. The van der Waals surface area contributed by atoms with E-state index in [2.05, 4.69) is 4.98 Å². The van der Waals surface area contributed by atoms with Crippen LogP contribution in [0.2, 0.25) is 0 Å². The predicted octanol–water partition coefficient (Wildman–Crippen LogP) is 5.01. The van der Waals surface area contributed by atoms with E-state index in [-0.39, 0.29) is 23.6 Å². The number of ether oxygens (including phenoxy) is 1. The van der Waals surface area contributed by atoms with Gasteiger partial charge in [-0.15, -0.1) is 11.3 Å². The lowest BCUT2D eigenvalue weighted by atomic mass is 10.0. The molecule has 1 aliphatic heterocycles. The van der Waals surface area contributed by atoms with Crippen molar-refractivity contribution in [3.05, 3.63) is 54.8 Å². The molecule has 1 saturated carbocycles. The topological polar surface area (TPSA) is 84.4 Å². The zero-order valence-corrected chi connectivity index (χ0v) is 20.1. The van der Waals surface area contributed by atoms with Crippen molar-refractivity contribution in [2.24, 2.45) is 0 Å². The van der Waals surface area contributed by atoms with E-state index >= 15 is 4.39 Å². The van der Waals surface area contributed by atoms with Crippen LogP contribution in [0.4, 0.5) is 9.18 Å². The quantitative estimate of drug-likeness (QED) is 0.569. The van der Waals surface area contributed by atoms with Gasteiger partial charge in [0.2, 0.25) is 0 Å². The van der Waals surface area contributed by atoms with Crippen molar-refractivity contribution in [2.45, 2.75) is 71.7 Å². The second kappa shape index (κ2) is 7.28. The molecule has 9 heteroatoms. The van der Waals surface area contributed by atoms with Crippen LogP contribution in [0, 0.1) is 12.7 Å². The highest BCUT2D eigenvalue weighted by atomic mass is 32.1. The number of carbonyl (C=O) groups is 1. The number of aromatic nitrogens is 2. The third-order valence-corrected chi connectivity index (χ3v) is 7.43. The van der Waals surface area contributed by atoms with Gasteiger partial charge in [-0.3, -0.25) is 19.2 Å². The summed E-state index contributed by atoms with van der Waals surface area (Å²) in [5.41, 5.74) is 0.832. The summed E-state index contributed by atoms with van der Waals surface area (Å²) in [6, 6.07) is 2.98. The van der Waals surface area contributed by atoms with Gasteiger partial charge in [-0.25, -0.2) is 14.0 Å². The molecule has 3 aromatic rings. The highest BCUT2D eigenvalue weighted by molar-refractivity contribution is 7.15. The molecule has 0 radical (unpaired) electrons. The lowest BCUT2D eigenvalue weighted by Gasteiger charge is -2.27. The molecular formula is C24H26FN3O4S. The molecule has 3 heterocycles. The largest absolute Gasteiger partial charge is 0.444 e. The van der Waals surface area contributed by atoms with E-state index in [1.165, 1.54) is 17.4 Å². The first-order chi connectivity index (χ1) is 15.5. The molecule has 1 aromatic carbocycles. The molecule has 2 aliphatic rings. The van der Waals surface area contributed by atoms with Gasteiger partial charge in [0.1, 0.15) is 11.4 Å². The van der Waals surface area contributed by atoms with Gasteiger partial charge in [-0.1, -0.05) is 0 Å². The van der Waals surface area contributed by atoms with E-state index < -0.39 is 22.7 Å². The summed E-state index contributed by atoms with van der Waals surface area (Å²) in [5.74, 6) is -0.497. The summed E-state index contributed by atoms with van der Waals surface area (Å²) in [4.78, 5) is 43.3. The zero-order chi connectivity index (χ0) is 23.8. The molecule has 1 fully saturated rings. The molecule has 174 valence electrons. The highest BCUT2D eigenvalue weighted by Crippen LogP contribution is 2.45. The molecule has 1 amide bonds. The maximum Gasteiger partial charge on any atom is 0.411 e. The fraction of sp³-hybridized carbons (Fsp3) is 0.458. The van der Waals surface area contributed by atoms with Crippen LogP contribution >= 0.6 is 11.3 Å². The Bertz CT molecular complexity index is 1420. The minimum atomic E-state index is -0.585. The first kappa shape index (κ1) is 21.9. The molecule has 0 bridgehead atoms. The maximum absolute atomic E-state index is 15.3. The monoisotopic (exact) mass is 471 g/mol. The van der Waals surface area contributed by atoms with Crippen molar-refractivity contribution >= 4 is 28.3 Å². The molecule has 1 unspecified atom stereocenters. The van der Waals surface area contributed by atoms with Gasteiger partial charge in [0.05, 0.1) is 23.5 Å². The Balaban J connectivity index is 1.59. The van der Waals surface area contributed by atoms with Crippen molar-refractivity contribution < 1.29 is 13.9 Å². The Morgan fingerprint density at radius 1 is 1.24 bits per heavy atom. The van der Waals surface area contributed by atoms with E-state index in [1.807, 2.05) is 33.8 Å². The Morgan fingerprint density at radius 3 is 2.55 bits per heavy atom. The van der Waals surface area contributed by atoms with Crippen LogP contribution in [0.3, 0.4) is 0 Å². The lowest BCUT2D eigenvalue weighted by Crippen LogP contribution is -2.35. The number of hydrogen-bond donors (Lipinski definition) is 1. The molecule has 1 atom stereocenters. The van der Waals surface area contributed by atoms with Crippen LogP contribution in [0.5, 0.6) is 0 Å². The van der Waals surface area contributed by atoms with Gasteiger partial charge < -0.3 is 4.74 Å². The van der Waals surface area contributed by atoms with E-state index in [1.54, 1.807) is 16.4 Å². The number of halogens is 1. The number of amides is 1. The Morgan fingerprint density at radius 2 is 1.94 bits per heavy atom. The predicted molar refractivity (Wildman–Crippen MR) is 125 cm³/mol. The number of thiophene rings is 1. The molecule has 5 rings (SSSR count). The summed E-state index contributed by atoms with van der Waals surface area (Å²) >= 11 is 1.43. The van der Waals surface area contributed by atoms with Crippen molar-refractivity contribution in [1.82, 2.24) is 14.5 Å². The standard InChI is InChI=1S/C24H26FN3O4S/c1-11-19(16(25)8-15-20(11)28(13-6-7-13)22(30)26-21(15)29)17-9-14-12(2)27(10-18(14)33-17)23(31)32-24(3,4)5/h8-9,12-13H,6-7,10H2,1-5H3,(H,26,29,30). The molecule has 1 N–H and O–H groups in total. The number of rotatable bonds is 2. The maximum atomic E-state index is 15.3. The molecule has 2 aromatic heterocycles. The smallest absolute Gasteiger partial charge is 0.411 e. The van der Waals surface area contributed by atoms with Crippen LogP contribution in [0.25, 0.3) is 21.3 Å². The summed E-state index contributed by atoms with van der Waals surface area (Å²) in [6.07, 6.45) is 1.34. The fourth-order valence-corrected chi connectivity index (χ4v) is 5.96. The minimum Gasteiger partial charge on any atom is -0.444 e. The highest BCUT2D eigenvalue weighted by Gasteiger charge is 2.36. The van der Waals surface area contributed by atoms with E-state index in [4.69, 9.17) is 4.74 Å². The fourth-order valence-electron chi connectivity index (χ4n) is 4.61. The third-order valence-electron chi connectivity index (χ3n) is 6.28. The molecule has 0 saturated heterocycles. The van der Waals surface area contributed by atoms with E-state index in [0.717, 1.165) is 28.2 Å². The number of benzene rings is 1. The van der Waals surface area contributed by atoms with Gasteiger partial charge in [0.15, 0.2) is 0 Å². The zero-order valence-electron chi connectivity index (χ0n) is 19.2. The van der Waals surface area contributed by atoms with Gasteiger partial charge in [0, 0.05) is 21.4 Å². The van der Waals surface area contributed by atoms with Crippen LogP contribution in [-0.2, 0) is 11.3 Å². The number of nitrogens with zero attached hydrogens (tertiary/aromatic N) is 2. The van der Waals surface area contributed by atoms with Crippen molar-refractivity contribution in [3.8, 4) is 10.4 Å². The average molecular weight is 472 g/mol. The second-order valence-corrected chi connectivity index (χ2v) is 11.0. The first-order valence-electron chi connectivity index (χ1n) is 11.1. The van der Waals surface area contributed by atoms with Gasteiger partial charge >= 0.3 is 11.8 Å². The molecule has 1 aliphatic carbocycles. The minimum absolute atomic E-state index is 0.0320. The number of carbonyl (C=O) groups excluding carboxylic acids is 1. The van der Waals surface area contributed by atoms with Crippen LogP contribution in [0.15, 0.2) is 21.7 Å². The van der Waals surface area contributed by atoms with E-state index in [0.29, 0.717) is 23.2 Å². The third kappa shape index (κ3) is 3.58. The molecular weight excluding hydrogens is 445 g/mol. The summed E-state index contributed by atoms with van der Waals surface area (Å²) < 4.78 is 22.5. The van der Waals surface area contributed by atoms with Crippen molar-refractivity contribution in [1.29, 1.82) is 0 Å². The van der Waals surface area contributed by atoms with Gasteiger partial charge in [-0.2, -0.15) is 0 Å². The SMILES string of the molecule is Cc1c(-c2cc3c(s2)CN(C(=O)OC(C)(C)C)C3C)c(F)cc2c(=O)[nH]c(=O)n(C3CC3)c12. The number of aromatic amines is 1. The van der Waals surface area contributed by atoms with Crippen LogP contribution < -0.4 is 11.2 Å². The second-order valence-electron chi connectivity index (χ2n) is 9.89. The average Bonchev–Trinajstić information content (AvgIpc) is 3.37. The van der Waals surface area contributed by atoms with Crippen LogP contribution in [0.1, 0.15) is 68.6 Å².